The highest BCUT2D eigenvalue weighted by atomic mass is 16.5. The van der Waals surface area contributed by atoms with Gasteiger partial charge in [-0.25, -0.2) is 0 Å². The SMILES string of the molecule is CCOc1cc2c(cc1/C=C/C(=O)N1CCN(CC)CC1)OC(C)C2. The van der Waals surface area contributed by atoms with E-state index >= 15 is 0 Å². The second kappa shape index (κ2) is 7.91. The summed E-state index contributed by atoms with van der Waals surface area (Å²) in [5.74, 6) is 1.78. The van der Waals surface area contributed by atoms with Crippen molar-refractivity contribution in [2.45, 2.75) is 33.3 Å². The lowest BCUT2D eigenvalue weighted by molar-refractivity contribution is -0.127. The van der Waals surface area contributed by atoms with E-state index in [1.807, 2.05) is 30.0 Å². The minimum absolute atomic E-state index is 0.0630. The van der Waals surface area contributed by atoms with Crippen LogP contribution in [0.3, 0.4) is 0 Å². The Labute approximate surface area is 150 Å². The second-order valence-electron chi connectivity index (χ2n) is 6.66. The number of piperazine rings is 1. The summed E-state index contributed by atoms with van der Waals surface area (Å²) in [6.45, 7) is 11.3. The molecule has 0 spiro atoms. The van der Waals surface area contributed by atoms with Crippen LogP contribution in [0.5, 0.6) is 11.5 Å². The molecule has 1 unspecified atom stereocenters. The van der Waals surface area contributed by atoms with Crippen LogP contribution in [-0.2, 0) is 11.2 Å². The summed E-state index contributed by atoms with van der Waals surface area (Å²) in [4.78, 5) is 16.7. The number of amides is 1. The molecule has 2 aliphatic heterocycles. The van der Waals surface area contributed by atoms with Crippen LogP contribution in [0.1, 0.15) is 31.9 Å². The van der Waals surface area contributed by atoms with Gasteiger partial charge in [-0.3, -0.25) is 4.79 Å². The van der Waals surface area contributed by atoms with Crippen LogP contribution >= 0.6 is 0 Å². The number of rotatable bonds is 5. The molecule has 1 atom stereocenters. The number of ether oxygens (including phenoxy) is 2. The number of benzene rings is 1. The average molecular weight is 344 g/mol. The average Bonchev–Trinajstić information content (AvgIpc) is 2.98. The molecule has 0 bridgehead atoms. The lowest BCUT2D eigenvalue weighted by atomic mass is 10.1. The highest BCUT2D eigenvalue weighted by Crippen LogP contribution is 2.35. The third-order valence-electron chi connectivity index (χ3n) is 4.86. The van der Waals surface area contributed by atoms with Crippen LogP contribution in [0, 0.1) is 0 Å². The van der Waals surface area contributed by atoms with Crippen LogP contribution in [0.2, 0.25) is 0 Å². The number of nitrogens with zero attached hydrogens (tertiary/aromatic N) is 2. The minimum atomic E-state index is 0.0630. The van der Waals surface area contributed by atoms with Crippen LogP contribution in [-0.4, -0.2) is 61.1 Å². The van der Waals surface area contributed by atoms with Gasteiger partial charge in [0.05, 0.1) is 6.61 Å². The minimum Gasteiger partial charge on any atom is -0.493 e. The first-order chi connectivity index (χ1) is 12.1. The smallest absolute Gasteiger partial charge is 0.246 e. The van der Waals surface area contributed by atoms with Crippen LogP contribution < -0.4 is 9.47 Å². The molecular weight excluding hydrogens is 316 g/mol. The molecule has 1 fully saturated rings. The molecule has 5 heteroatoms. The van der Waals surface area contributed by atoms with E-state index in [1.165, 1.54) is 5.56 Å². The van der Waals surface area contributed by atoms with E-state index in [-0.39, 0.29) is 12.0 Å². The number of carbonyl (C=O) groups is 1. The summed E-state index contributed by atoms with van der Waals surface area (Å²) in [6, 6.07) is 4.04. The van der Waals surface area contributed by atoms with Crippen molar-refractivity contribution in [3.05, 3.63) is 29.3 Å². The molecule has 1 amide bonds. The normalized spacial score (nSPS) is 20.6. The first-order valence-corrected chi connectivity index (χ1v) is 9.26. The Morgan fingerprint density at radius 3 is 2.72 bits per heavy atom. The third kappa shape index (κ3) is 4.15. The predicted octanol–water partition coefficient (Wildman–Crippen LogP) is 2.59. The first kappa shape index (κ1) is 17.8. The quantitative estimate of drug-likeness (QED) is 0.770. The molecule has 2 heterocycles. The number of hydrogen-bond donors (Lipinski definition) is 0. The number of fused-ring (bicyclic) bond motifs is 1. The monoisotopic (exact) mass is 344 g/mol. The van der Waals surface area contributed by atoms with Crippen molar-refractivity contribution in [2.75, 3.05) is 39.3 Å². The molecule has 2 aliphatic rings. The van der Waals surface area contributed by atoms with Gasteiger partial charge in [-0.05, 0) is 38.6 Å². The van der Waals surface area contributed by atoms with Gasteiger partial charge in [-0.1, -0.05) is 6.92 Å². The Balaban J connectivity index is 1.72. The third-order valence-corrected chi connectivity index (χ3v) is 4.86. The van der Waals surface area contributed by atoms with Crippen molar-refractivity contribution in [2.24, 2.45) is 0 Å². The maximum absolute atomic E-state index is 12.5. The largest absolute Gasteiger partial charge is 0.493 e. The van der Waals surface area contributed by atoms with E-state index in [9.17, 15) is 4.79 Å². The van der Waals surface area contributed by atoms with Gasteiger partial charge in [0.1, 0.15) is 17.6 Å². The Morgan fingerprint density at radius 1 is 1.28 bits per heavy atom. The summed E-state index contributed by atoms with van der Waals surface area (Å²) < 4.78 is 11.6. The van der Waals surface area contributed by atoms with Gasteiger partial charge >= 0.3 is 0 Å². The number of likely N-dealkylation sites (N-methyl/N-ethyl adjacent to an activating group) is 1. The number of hydrogen-bond acceptors (Lipinski definition) is 4. The Bertz CT molecular complexity index is 649. The van der Waals surface area contributed by atoms with E-state index < -0.39 is 0 Å². The summed E-state index contributed by atoms with van der Waals surface area (Å²) in [5, 5.41) is 0. The van der Waals surface area contributed by atoms with Gasteiger partial charge in [0, 0.05) is 49.8 Å². The molecule has 1 aromatic carbocycles. The lowest BCUT2D eigenvalue weighted by Crippen LogP contribution is -2.48. The van der Waals surface area contributed by atoms with Crippen LogP contribution in [0.4, 0.5) is 0 Å². The van der Waals surface area contributed by atoms with E-state index in [0.717, 1.165) is 56.2 Å². The van der Waals surface area contributed by atoms with Crippen LogP contribution in [0.25, 0.3) is 6.08 Å². The lowest BCUT2D eigenvalue weighted by Gasteiger charge is -2.33. The second-order valence-corrected chi connectivity index (χ2v) is 6.66. The Morgan fingerprint density at radius 2 is 2.04 bits per heavy atom. The maximum Gasteiger partial charge on any atom is 0.246 e. The molecule has 0 radical (unpaired) electrons. The molecule has 0 aromatic heterocycles. The molecule has 1 saturated heterocycles. The molecule has 1 aromatic rings. The van der Waals surface area contributed by atoms with Crippen molar-refractivity contribution in [1.82, 2.24) is 9.80 Å². The molecule has 0 saturated carbocycles. The van der Waals surface area contributed by atoms with Gasteiger partial charge in [-0.15, -0.1) is 0 Å². The Kier molecular flexibility index (Phi) is 5.63. The predicted molar refractivity (Wildman–Crippen MR) is 99.1 cm³/mol. The molecular formula is C20H28N2O3. The summed E-state index contributed by atoms with van der Waals surface area (Å²) in [5.41, 5.74) is 2.07. The van der Waals surface area contributed by atoms with Gasteiger partial charge in [0.25, 0.3) is 0 Å². The fourth-order valence-corrected chi connectivity index (χ4v) is 3.42. The van der Waals surface area contributed by atoms with Gasteiger partial charge in [-0.2, -0.15) is 0 Å². The fourth-order valence-electron chi connectivity index (χ4n) is 3.42. The fraction of sp³-hybridized carbons (Fsp3) is 0.550. The zero-order chi connectivity index (χ0) is 17.8. The molecule has 136 valence electrons. The van der Waals surface area contributed by atoms with E-state index in [1.54, 1.807) is 6.08 Å². The highest BCUT2D eigenvalue weighted by molar-refractivity contribution is 5.92. The van der Waals surface area contributed by atoms with Crippen molar-refractivity contribution < 1.29 is 14.3 Å². The van der Waals surface area contributed by atoms with Crippen molar-refractivity contribution in [3.8, 4) is 11.5 Å². The van der Waals surface area contributed by atoms with Gasteiger partial charge in [0.2, 0.25) is 5.91 Å². The number of carbonyl (C=O) groups excluding carboxylic acids is 1. The zero-order valence-corrected chi connectivity index (χ0v) is 15.5. The van der Waals surface area contributed by atoms with Gasteiger partial charge in [0.15, 0.2) is 0 Å². The molecule has 0 N–H and O–H groups in total. The summed E-state index contributed by atoms with van der Waals surface area (Å²) in [7, 11) is 0. The highest BCUT2D eigenvalue weighted by Gasteiger charge is 2.22. The maximum atomic E-state index is 12.5. The van der Waals surface area contributed by atoms with E-state index in [4.69, 9.17) is 9.47 Å². The zero-order valence-electron chi connectivity index (χ0n) is 15.5. The molecule has 0 aliphatic carbocycles. The van der Waals surface area contributed by atoms with E-state index in [0.29, 0.717) is 6.61 Å². The van der Waals surface area contributed by atoms with Crippen molar-refractivity contribution >= 4 is 12.0 Å². The van der Waals surface area contributed by atoms with Crippen LogP contribution in [0.15, 0.2) is 18.2 Å². The standard InChI is InChI=1S/C20H28N2O3/c1-4-21-8-10-22(11-9-21)20(23)7-6-16-13-19-17(12-15(3)25-19)14-18(16)24-5-2/h6-7,13-15H,4-5,8-12H2,1-3H3/b7-6+. The summed E-state index contributed by atoms with van der Waals surface area (Å²) >= 11 is 0. The summed E-state index contributed by atoms with van der Waals surface area (Å²) in [6.07, 6.45) is 4.61. The molecule has 5 nitrogen and oxygen atoms in total. The Hall–Kier alpha value is -2.01. The van der Waals surface area contributed by atoms with E-state index in [2.05, 4.69) is 18.7 Å². The van der Waals surface area contributed by atoms with Crippen molar-refractivity contribution in [1.29, 1.82) is 0 Å². The first-order valence-electron chi connectivity index (χ1n) is 9.26. The van der Waals surface area contributed by atoms with Gasteiger partial charge < -0.3 is 19.3 Å². The molecule has 25 heavy (non-hydrogen) atoms. The van der Waals surface area contributed by atoms with Crippen molar-refractivity contribution in [3.63, 3.8) is 0 Å². The molecule has 3 rings (SSSR count). The topological polar surface area (TPSA) is 42.0 Å².